The van der Waals surface area contributed by atoms with Crippen molar-refractivity contribution in [2.45, 2.75) is 38.6 Å². The fraction of sp³-hybridized carbons (Fsp3) is 0.400. The maximum atomic E-state index is 6.40. The Hall–Kier alpha value is -0.710. The summed E-state index contributed by atoms with van der Waals surface area (Å²) in [6, 6.07) is 6.20. The van der Waals surface area contributed by atoms with Crippen molar-refractivity contribution >= 4 is 27.3 Å². The Balaban J connectivity index is 1.94. The molecule has 0 bridgehead atoms. The molecular formula is C15H17BrN2S. The number of rotatable bonds is 2. The monoisotopic (exact) mass is 336 g/mol. The van der Waals surface area contributed by atoms with Gasteiger partial charge in [0, 0.05) is 9.35 Å². The number of nitrogens with zero attached hydrogens (tertiary/aromatic N) is 1. The smallest absolute Gasteiger partial charge is 0.114 e. The van der Waals surface area contributed by atoms with Gasteiger partial charge in [0.05, 0.1) is 11.7 Å². The Morgan fingerprint density at radius 3 is 2.84 bits per heavy atom. The van der Waals surface area contributed by atoms with Gasteiger partial charge in [-0.3, -0.25) is 0 Å². The summed E-state index contributed by atoms with van der Waals surface area (Å²) in [6.45, 7) is 2.09. The molecule has 1 heterocycles. The average Bonchev–Trinajstić information content (AvgIpc) is 2.81. The van der Waals surface area contributed by atoms with Gasteiger partial charge < -0.3 is 5.73 Å². The summed E-state index contributed by atoms with van der Waals surface area (Å²) in [5.41, 5.74) is 10.0. The van der Waals surface area contributed by atoms with E-state index in [4.69, 9.17) is 10.7 Å². The van der Waals surface area contributed by atoms with Crippen LogP contribution in [0.25, 0.3) is 0 Å². The quantitative estimate of drug-likeness (QED) is 0.894. The summed E-state index contributed by atoms with van der Waals surface area (Å²) in [7, 11) is 0. The van der Waals surface area contributed by atoms with E-state index in [1.54, 1.807) is 11.3 Å². The molecule has 0 aliphatic heterocycles. The van der Waals surface area contributed by atoms with E-state index in [-0.39, 0.29) is 6.04 Å². The standard InChI is InChI=1S/C15H17BrN2S/c1-9-6-7-10(11(16)8-9)14(17)15-18-12-4-2-3-5-13(12)19-15/h6-8,14H,2-5,17H2,1H3. The van der Waals surface area contributed by atoms with Crippen LogP contribution in [0.15, 0.2) is 22.7 Å². The highest BCUT2D eigenvalue weighted by molar-refractivity contribution is 9.10. The molecule has 100 valence electrons. The lowest BCUT2D eigenvalue weighted by atomic mass is 10.0. The van der Waals surface area contributed by atoms with Crippen molar-refractivity contribution in [3.8, 4) is 0 Å². The summed E-state index contributed by atoms with van der Waals surface area (Å²) >= 11 is 5.41. The maximum Gasteiger partial charge on any atom is 0.114 e. The van der Waals surface area contributed by atoms with Crippen LogP contribution in [0.5, 0.6) is 0 Å². The fourth-order valence-electron chi connectivity index (χ4n) is 2.52. The van der Waals surface area contributed by atoms with Crippen LogP contribution in [0.4, 0.5) is 0 Å². The number of aromatic nitrogens is 1. The number of halogens is 1. The highest BCUT2D eigenvalue weighted by atomic mass is 79.9. The molecule has 19 heavy (non-hydrogen) atoms. The van der Waals surface area contributed by atoms with Gasteiger partial charge in [-0.2, -0.15) is 0 Å². The predicted octanol–water partition coefficient (Wildman–Crippen LogP) is 4.14. The van der Waals surface area contributed by atoms with Gasteiger partial charge in [0.2, 0.25) is 0 Å². The molecule has 2 aromatic rings. The fourth-order valence-corrected chi connectivity index (χ4v) is 4.44. The van der Waals surface area contributed by atoms with Gasteiger partial charge in [0.15, 0.2) is 0 Å². The number of hydrogen-bond acceptors (Lipinski definition) is 3. The zero-order valence-electron chi connectivity index (χ0n) is 10.9. The Kier molecular flexibility index (Phi) is 3.74. The first-order valence-corrected chi connectivity index (χ1v) is 8.26. The van der Waals surface area contributed by atoms with Crippen LogP contribution in [0.1, 0.15) is 45.6 Å². The Bertz CT molecular complexity index is 583. The second kappa shape index (κ2) is 5.35. The first-order chi connectivity index (χ1) is 9.15. The molecule has 1 aromatic heterocycles. The van der Waals surface area contributed by atoms with Crippen molar-refractivity contribution in [1.29, 1.82) is 0 Å². The molecule has 3 rings (SSSR count). The summed E-state index contributed by atoms with van der Waals surface area (Å²) in [5, 5.41) is 1.05. The molecule has 2 nitrogen and oxygen atoms in total. The Morgan fingerprint density at radius 1 is 1.32 bits per heavy atom. The molecular weight excluding hydrogens is 320 g/mol. The number of thiazole rings is 1. The topological polar surface area (TPSA) is 38.9 Å². The zero-order valence-corrected chi connectivity index (χ0v) is 13.4. The summed E-state index contributed by atoms with van der Waals surface area (Å²) < 4.78 is 1.08. The third kappa shape index (κ3) is 2.62. The van der Waals surface area contributed by atoms with Gasteiger partial charge in [0.1, 0.15) is 5.01 Å². The number of hydrogen-bond donors (Lipinski definition) is 1. The van der Waals surface area contributed by atoms with Gasteiger partial charge in [-0.15, -0.1) is 11.3 Å². The third-order valence-electron chi connectivity index (χ3n) is 3.62. The van der Waals surface area contributed by atoms with Crippen molar-refractivity contribution in [1.82, 2.24) is 4.98 Å². The molecule has 1 aliphatic carbocycles. The summed E-state index contributed by atoms with van der Waals surface area (Å²) in [6.07, 6.45) is 4.85. The van der Waals surface area contributed by atoms with Crippen molar-refractivity contribution < 1.29 is 0 Å². The van der Waals surface area contributed by atoms with Crippen molar-refractivity contribution in [2.75, 3.05) is 0 Å². The lowest BCUT2D eigenvalue weighted by Crippen LogP contribution is -2.12. The lowest BCUT2D eigenvalue weighted by Gasteiger charge is -2.11. The van der Waals surface area contributed by atoms with Gasteiger partial charge >= 0.3 is 0 Å². The molecule has 0 amide bonds. The lowest BCUT2D eigenvalue weighted by molar-refractivity contribution is 0.678. The largest absolute Gasteiger partial charge is 0.318 e. The highest BCUT2D eigenvalue weighted by Crippen LogP contribution is 2.33. The molecule has 1 aliphatic rings. The van der Waals surface area contributed by atoms with E-state index >= 15 is 0 Å². The van der Waals surface area contributed by atoms with Crippen molar-refractivity contribution in [3.05, 3.63) is 49.4 Å². The summed E-state index contributed by atoms with van der Waals surface area (Å²) in [5.74, 6) is 0. The van der Waals surface area contributed by atoms with Crippen LogP contribution >= 0.6 is 27.3 Å². The van der Waals surface area contributed by atoms with Crippen LogP contribution in [0.2, 0.25) is 0 Å². The second-order valence-corrected chi connectivity index (χ2v) is 7.10. The Morgan fingerprint density at radius 2 is 2.11 bits per heavy atom. The normalized spacial score (nSPS) is 16.2. The van der Waals surface area contributed by atoms with E-state index in [9.17, 15) is 0 Å². The molecule has 4 heteroatoms. The minimum absolute atomic E-state index is 0.120. The van der Waals surface area contributed by atoms with Gasteiger partial charge in [-0.05, 0) is 49.8 Å². The maximum absolute atomic E-state index is 6.40. The van der Waals surface area contributed by atoms with Crippen molar-refractivity contribution in [3.63, 3.8) is 0 Å². The van der Waals surface area contributed by atoms with Crippen LogP contribution in [-0.2, 0) is 12.8 Å². The molecule has 0 radical (unpaired) electrons. The minimum atomic E-state index is -0.120. The number of benzene rings is 1. The molecule has 1 unspecified atom stereocenters. The first kappa shape index (κ1) is 13.3. The molecule has 2 N–H and O–H groups in total. The second-order valence-electron chi connectivity index (χ2n) is 5.13. The van der Waals surface area contributed by atoms with E-state index in [0.717, 1.165) is 21.5 Å². The number of aryl methyl sites for hydroxylation is 3. The van der Waals surface area contributed by atoms with Gasteiger partial charge in [-0.25, -0.2) is 4.98 Å². The van der Waals surface area contributed by atoms with E-state index in [0.29, 0.717) is 0 Å². The van der Waals surface area contributed by atoms with Crippen LogP contribution in [0.3, 0.4) is 0 Å². The molecule has 0 fully saturated rings. The summed E-state index contributed by atoms with van der Waals surface area (Å²) in [4.78, 5) is 6.21. The van der Waals surface area contributed by atoms with Crippen LogP contribution in [0, 0.1) is 6.92 Å². The van der Waals surface area contributed by atoms with Crippen molar-refractivity contribution in [2.24, 2.45) is 5.73 Å². The van der Waals surface area contributed by atoms with Gasteiger partial charge in [-0.1, -0.05) is 28.1 Å². The van der Waals surface area contributed by atoms with E-state index in [1.165, 1.54) is 35.4 Å². The molecule has 0 saturated heterocycles. The highest BCUT2D eigenvalue weighted by Gasteiger charge is 2.20. The van der Waals surface area contributed by atoms with E-state index in [1.807, 2.05) is 0 Å². The third-order valence-corrected chi connectivity index (χ3v) is 5.55. The molecule has 0 spiro atoms. The molecule has 0 saturated carbocycles. The zero-order chi connectivity index (χ0) is 13.4. The minimum Gasteiger partial charge on any atom is -0.318 e. The first-order valence-electron chi connectivity index (χ1n) is 6.65. The number of nitrogens with two attached hydrogens (primary N) is 1. The molecule has 1 aromatic carbocycles. The molecule has 1 atom stereocenters. The Labute approximate surface area is 126 Å². The van der Waals surface area contributed by atoms with Gasteiger partial charge in [0.25, 0.3) is 0 Å². The van der Waals surface area contributed by atoms with Crippen LogP contribution in [-0.4, -0.2) is 4.98 Å². The number of fused-ring (bicyclic) bond motifs is 1. The van der Waals surface area contributed by atoms with E-state index < -0.39 is 0 Å². The van der Waals surface area contributed by atoms with Crippen LogP contribution < -0.4 is 5.73 Å². The predicted molar refractivity (Wildman–Crippen MR) is 83.7 cm³/mol. The average molecular weight is 337 g/mol. The van der Waals surface area contributed by atoms with E-state index in [2.05, 4.69) is 41.1 Å². The SMILES string of the molecule is Cc1ccc(C(N)c2nc3c(s2)CCCC3)c(Br)c1.